The predicted molar refractivity (Wildman–Crippen MR) is 89.3 cm³/mol. The molecule has 0 fully saturated rings. The molecule has 0 aromatic heterocycles. The van der Waals surface area contributed by atoms with Crippen molar-refractivity contribution in [2.45, 2.75) is 45.8 Å². The van der Waals surface area contributed by atoms with Gasteiger partial charge in [-0.25, -0.2) is 4.79 Å². The maximum Gasteiger partial charge on any atom is 0.408 e. The van der Waals surface area contributed by atoms with Crippen LogP contribution in [0.5, 0.6) is 0 Å². The van der Waals surface area contributed by atoms with Gasteiger partial charge >= 0.3 is 6.09 Å². The summed E-state index contributed by atoms with van der Waals surface area (Å²) in [5, 5.41) is 5.95. The SMILES string of the molecule is CCC(NC(=O)OC(C)(C)C)c1ccc(NC(N)=S)cc1. The molecule has 1 amide bonds. The van der Waals surface area contributed by atoms with E-state index in [1.165, 1.54) is 0 Å². The summed E-state index contributed by atoms with van der Waals surface area (Å²) in [5.41, 5.74) is 6.73. The number of anilines is 1. The molecule has 21 heavy (non-hydrogen) atoms. The number of carbonyl (C=O) groups excluding carboxylic acids is 1. The van der Waals surface area contributed by atoms with Gasteiger partial charge in [-0.15, -0.1) is 0 Å². The number of hydrogen-bond donors (Lipinski definition) is 3. The van der Waals surface area contributed by atoms with Crippen LogP contribution >= 0.6 is 12.2 Å². The van der Waals surface area contributed by atoms with Crippen molar-refractivity contribution in [3.63, 3.8) is 0 Å². The number of amides is 1. The standard InChI is InChI=1S/C15H23N3O2S/c1-5-12(18-14(19)20-15(2,3)4)10-6-8-11(9-7-10)17-13(16)21/h6-9,12H,5H2,1-4H3,(H,18,19)(H3,16,17,21). The van der Waals surface area contributed by atoms with Crippen LogP contribution in [0.15, 0.2) is 24.3 Å². The Morgan fingerprint density at radius 3 is 2.33 bits per heavy atom. The predicted octanol–water partition coefficient (Wildman–Crippen LogP) is 3.32. The van der Waals surface area contributed by atoms with E-state index >= 15 is 0 Å². The zero-order valence-electron chi connectivity index (χ0n) is 12.9. The first kappa shape index (κ1) is 17.2. The Bertz CT molecular complexity index is 495. The molecule has 0 radical (unpaired) electrons. The summed E-state index contributed by atoms with van der Waals surface area (Å²) < 4.78 is 5.27. The van der Waals surface area contributed by atoms with Crippen LogP contribution in [0, 0.1) is 0 Å². The molecule has 0 aliphatic rings. The third-order valence-corrected chi connectivity index (χ3v) is 2.78. The van der Waals surface area contributed by atoms with Crippen molar-refractivity contribution in [3.05, 3.63) is 29.8 Å². The van der Waals surface area contributed by atoms with E-state index in [-0.39, 0.29) is 11.2 Å². The lowest BCUT2D eigenvalue weighted by Gasteiger charge is -2.23. The Kier molecular flexibility index (Phi) is 5.96. The molecule has 0 saturated carbocycles. The fraction of sp³-hybridized carbons (Fsp3) is 0.467. The fourth-order valence-electron chi connectivity index (χ4n) is 1.81. The zero-order chi connectivity index (χ0) is 16.0. The van der Waals surface area contributed by atoms with Crippen molar-refractivity contribution >= 4 is 29.1 Å². The first-order valence-corrected chi connectivity index (χ1v) is 7.28. The third kappa shape index (κ3) is 6.44. The number of hydrogen-bond acceptors (Lipinski definition) is 3. The van der Waals surface area contributed by atoms with Crippen LogP contribution in [-0.4, -0.2) is 16.8 Å². The number of nitrogens with two attached hydrogens (primary N) is 1. The Balaban J connectivity index is 2.71. The quantitative estimate of drug-likeness (QED) is 0.744. The summed E-state index contributed by atoms with van der Waals surface area (Å²) in [6, 6.07) is 7.49. The molecule has 1 aromatic rings. The maximum atomic E-state index is 11.8. The summed E-state index contributed by atoms with van der Waals surface area (Å²) >= 11 is 4.79. The van der Waals surface area contributed by atoms with Crippen LogP contribution < -0.4 is 16.4 Å². The second-order valence-electron chi connectivity index (χ2n) is 5.72. The summed E-state index contributed by atoms with van der Waals surface area (Å²) in [6.45, 7) is 7.51. The molecule has 1 rings (SSSR count). The molecular formula is C15H23N3O2S. The van der Waals surface area contributed by atoms with Gasteiger partial charge in [0.25, 0.3) is 0 Å². The molecule has 6 heteroatoms. The van der Waals surface area contributed by atoms with Gasteiger partial charge in [-0.3, -0.25) is 0 Å². The Morgan fingerprint density at radius 1 is 1.33 bits per heavy atom. The highest BCUT2D eigenvalue weighted by Crippen LogP contribution is 2.20. The first-order valence-electron chi connectivity index (χ1n) is 6.87. The molecule has 0 bridgehead atoms. The lowest BCUT2D eigenvalue weighted by Crippen LogP contribution is -2.34. The maximum absolute atomic E-state index is 11.8. The van der Waals surface area contributed by atoms with Crippen LogP contribution in [0.3, 0.4) is 0 Å². The minimum Gasteiger partial charge on any atom is -0.444 e. The van der Waals surface area contributed by atoms with E-state index in [1.54, 1.807) is 0 Å². The number of rotatable bonds is 4. The zero-order valence-corrected chi connectivity index (χ0v) is 13.7. The smallest absolute Gasteiger partial charge is 0.408 e. The van der Waals surface area contributed by atoms with E-state index in [4.69, 9.17) is 22.7 Å². The number of alkyl carbamates (subject to hydrolysis) is 1. The Labute approximate surface area is 131 Å². The summed E-state index contributed by atoms with van der Waals surface area (Å²) in [7, 11) is 0. The molecule has 0 heterocycles. The van der Waals surface area contributed by atoms with Crippen LogP contribution in [0.2, 0.25) is 0 Å². The average Bonchev–Trinajstić information content (AvgIpc) is 2.34. The minimum absolute atomic E-state index is 0.0984. The van der Waals surface area contributed by atoms with Crippen molar-refractivity contribution in [1.29, 1.82) is 0 Å². The summed E-state index contributed by atoms with van der Waals surface area (Å²) in [6.07, 6.45) is 0.348. The molecule has 116 valence electrons. The lowest BCUT2D eigenvalue weighted by molar-refractivity contribution is 0.0502. The van der Waals surface area contributed by atoms with E-state index in [0.717, 1.165) is 17.7 Å². The van der Waals surface area contributed by atoms with Gasteiger partial charge < -0.3 is 21.1 Å². The number of thiocarbonyl (C=S) groups is 1. The molecule has 0 spiro atoms. The van der Waals surface area contributed by atoms with Crippen molar-refractivity contribution < 1.29 is 9.53 Å². The highest BCUT2D eigenvalue weighted by Gasteiger charge is 2.19. The topological polar surface area (TPSA) is 76.4 Å². The second-order valence-corrected chi connectivity index (χ2v) is 6.16. The van der Waals surface area contributed by atoms with Gasteiger partial charge in [-0.05, 0) is 57.1 Å². The number of benzene rings is 1. The molecule has 0 aliphatic carbocycles. The highest BCUT2D eigenvalue weighted by atomic mass is 32.1. The number of carbonyl (C=O) groups is 1. The normalized spacial score (nSPS) is 12.4. The summed E-state index contributed by atoms with van der Waals surface area (Å²) in [4.78, 5) is 11.8. The average molecular weight is 309 g/mol. The van der Waals surface area contributed by atoms with Gasteiger partial charge in [-0.2, -0.15) is 0 Å². The Hall–Kier alpha value is -1.82. The van der Waals surface area contributed by atoms with Gasteiger partial charge in [0.1, 0.15) is 5.60 Å². The van der Waals surface area contributed by atoms with E-state index in [1.807, 2.05) is 52.0 Å². The Morgan fingerprint density at radius 2 is 1.90 bits per heavy atom. The second kappa shape index (κ2) is 7.26. The molecule has 1 atom stereocenters. The largest absolute Gasteiger partial charge is 0.444 e. The third-order valence-electron chi connectivity index (χ3n) is 2.68. The van der Waals surface area contributed by atoms with Crippen molar-refractivity contribution in [3.8, 4) is 0 Å². The number of ether oxygens (including phenoxy) is 1. The minimum atomic E-state index is -0.507. The molecule has 4 N–H and O–H groups in total. The molecular weight excluding hydrogens is 286 g/mol. The van der Waals surface area contributed by atoms with Crippen molar-refractivity contribution in [2.24, 2.45) is 5.73 Å². The van der Waals surface area contributed by atoms with Gasteiger partial charge in [0.15, 0.2) is 5.11 Å². The highest BCUT2D eigenvalue weighted by molar-refractivity contribution is 7.80. The van der Waals surface area contributed by atoms with E-state index in [2.05, 4.69) is 10.6 Å². The van der Waals surface area contributed by atoms with Gasteiger partial charge in [-0.1, -0.05) is 19.1 Å². The summed E-state index contributed by atoms with van der Waals surface area (Å²) in [5.74, 6) is 0. The van der Waals surface area contributed by atoms with E-state index < -0.39 is 11.7 Å². The van der Waals surface area contributed by atoms with Crippen LogP contribution in [0.25, 0.3) is 0 Å². The van der Waals surface area contributed by atoms with Crippen molar-refractivity contribution in [2.75, 3.05) is 5.32 Å². The van der Waals surface area contributed by atoms with Crippen molar-refractivity contribution in [1.82, 2.24) is 5.32 Å². The van der Waals surface area contributed by atoms with Crippen LogP contribution in [-0.2, 0) is 4.74 Å². The van der Waals surface area contributed by atoms with Crippen LogP contribution in [0.1, 0.15) is 45.7 Å². The van der Waals surface area contributed by atoms with E-state index in [0.29, 0.717) is 0 Å². The monoisotopic (exact) mass is 309 g/mol. The molecule has 0 saturated heterocycles. The van der Waals surface area contributed by atoms with Crippen LogP contribution in [0.4, 0.5) is 10.5 Å². The van der Waals surface area contributed by atoms with Gasteiger partial charge in [0.05, 0.1) is 6.04 Å². The van der Waals surface area contributed by atoms with Gasteiger partial charge in [0.2, 0.25) is 0 Å². The molecule has 5 nitrogen and oxygen atoms in total. The van der Waals surface area contributed by atoms with E-state index in [9.17, 15) is 4.79 Å². The molecule has 1 aromatic carbocycles. The molecule has 1 unspecified atom stereocenters. The first-order chi connectivity index (χ1) is 9.71. The fourth-order valence-corrected chi connectivity index (χ4v) is 1.93. The van der Waals surface area contributed by atoms with Gasteiger partial charge in [0, 0.05) is 5.69 Å². The number of nitrogens with one attached hydrogen (secondary N) is 2. The lowest BCUT2D eigenvalue weighted by atomic mass is 10.0. The molecule has 0 aliphatic heterocycles.